The smallest absolute Gasteiger partial charge is 0.269 e. The summed E-state index contributed by atoms with van der Waals surface area (Å²) in [6, 6.07) is 6.59. The molecule has 0 amide bonds. The van der Waals surface area contributed by atoms with Crippen molar-refractivity contribution < 1.29 is 14.0 Å². The van der Waals surface area contributed by atoms with E-state index in [0.29, 0.717) is 23.2 Å². The molecule has 0 bridgehead atoms. The van der Waals surface area contributed by atoms with E-state index in [1.54, 1.807) is 31.3 Å². The van der Waals surface area contributed by atoms with E-state index >= 15 is 0 Å². The number of benzene rings is 1. The topological polar surface area (TPSA) is 123 Å². The lowest BCUT2D eigenvalue weighted by atomic mass is 9.89. The molecule has 4 rings (SSSR count). The molecule has 0 radical (unpaired) electrons. The van der Waals surface area contributed by atoms with Crippen molar-refractivity contribution in [2.75, 3.05) is 18.1 Å². The summed E-state index contributed by atoms with van der Waals surface area (Å²) in [5.74, 6) is 2.61. The first-order valence-corrected chi connectivity index (χ1v) is 9.10. The fourth-order valence-corrected chi connectivity index (χ4v) is 3.08. The van der Waals surface area contributed by atoms with Crippen LogP contribution >= 0.6 is 0 Å². The number of aryl methyl sites for hydroxylation is 1. The largest absolute Gasteiger partial charge is 0.508 e. The molecule has 8 nitrogen and oxygen atoms in total. The summed E-state index contributed by atoms with van der Waals surface area (Å²) in [6.45, 7) is 1.84. The van der Waals surface area contributed by atoms with Crippen LogP contribution in [0.4, 0.5) is 11.4 Å². The van der Waals surface area contributed by atoms with E-state index in [4.69, 9.17) is 19.8 Å². The molecule has 27 heavy (non-hydrogen) atoms. The van der Waals surface area contributed by atoms with E-state index in [-0.39, 0.29) is 5.75 Å². The number of nitrogens with one attached hydrogen (secondary N) is 1. The summed E-state index contributed by atoms with van der Waals surface area (Å²) in [5.41, 5.74) is 7.54. The standard InChI is InChI=1S/C12H15N3O2.C7H10N2O/c1-8-7-10(15-17-8)12-14-13-11(16-12)9-5-3-2-4-6-9;1-9-7-4-5(10)2-3-6(7)8/h7,9H,2-6H2,1H3;2-4,9-10H,8H2,1H3. The van der Waals surface area contributed by atoms with Crippen molar-refractivity contribution in [2.45, 2.75) is 44.9 Å². The first kappa shape index (κ1) is 18.8. The average Bonchev–Trinajstić information content (AvgIpc) is 3.34. The van der Waals surface area contributed by atoms with E-state index in [9.17, 15) is 0 Å². The molecule has 2 aromatic heterocycles. The van der Waals surface area contributed by atoms with Gasteiger partial charge in [0.1, 0.15) is 11.5 Å². The predicted octanol–water partition coefficient (Wildman–Crippen LogP) is 4.10. The summed E-state index contributed by atoms with van der Waals surface area (Å²) in [7, 11) is 1.76. The van der Waals surface area contributed by atoms with Gasteiger partial charge in [0.15, 0.2) is 5.69 Å². The molecule has 0 atom stereocenters. The van der Waals surface area contributed by atoms with Gasteiger partial charge in [-0.15, -0.1) is 10.2 Å². The lowest BCUT2D eigenvalue weighted by Gasteiger charge is -2.17. The number of nitrogens with two attached hydrogens (primary N) is 1. The second-order valence-electron chi connectivity index (χ2n) is 6.62. The highest BCUT2D eigenvalue weighted by molar-refractivity contribution is 5.67. The Balaban J connectivity index is 0.000000180. The number of hydrogen-bond donors (Lipinski definition) is 3. The third kappa shape index (κ3) is 4.78. The van der Waals surface area contributed by atoms with Gasteiger partial charge < -0.3 is 25.1 Å². The van der Waals surface area contributed by atoms with Gasteiger partial charge in [0, 0.05) is 25.1 Å². The van der Waals surface area contributed by atoms with E-state index in [2.05, 4.69) is 20.7 Å². The molecule has 0 spiro atoms. The van der Waals surface area contributed by atoms with Crippen LogP contribution in [-0.4, -0.2) is 27.5 Å². The zero-order valence-corrected chi connectivity index (χ0v) is 15.6. The Morgan fingerprint density at radius 1 is 1.15 bits per heavy atom. The van der Waals surface area contributed by atoms with Crippen molar-refractivity contribution in [2.24, 2.45) is 0 Å². The van der Waals surface area contributed by atoms with Crippen LogP contribution in [0.1, 0.15) is 49.7 Å². The average molecular weight is 371 g/mol. The first-order valence-electron chi connectivity index (χ1n) is 9.10. The van der Waals surface area contributed by atoms with Crippen molar-refractivity contribution in [3.8, 4) is 17.3 Å². The Morgan fingerprint density at radius 2 is 1.93 bits per heavy atom. The highest BCUT2D eigenvalue weighted by Gasteiger charge is 2.22. The summed E-state index contributed by atoms with van der Waals surface area (Å²) in [4.78, 5) is 0. The quantitative estimate of drug-likeness (QED) is 0.464. The Bertz CT molecular complexity index is 868. The van der Waals surface area contributed by atoms with Crippen LogP contribution in [0.2, 0.25) is 0 Å². The van der Waals surface area contributed by atoms with Crippen LogP contribution in [0.5, 0.6) is 5.75 Å². The second kappa shape index (κ2) is 8.57. The van der Waals surface area contributed by atoms with Gasteiger partial charge in [0.25, 0.3) is 5.89 Å². The van der Waals surface area contributed by atoms with Gasteiger partial charge in [0.2, 0.25) is 5.89 Å². The first-order chi connectivity index (χ1) is 13.1. The van der Waals surface area contributed by atoms with Gasteiger partial charge in [-0.2, -0.15) is 0 Å². The summed E-state index contributed by atoms with van der Waals surface area (Å²) >= 11 is 0. The number of nitrogen functional groups attached to an aromatic ring is 1. The monoisotopic (exact) mass is 371 g/mol. The lowest BCUT2D eigenvalue weighted by molar-refractivity contribution is 0.364. The van der Waals surface area contributed by atoms with E-state index < -0.39 is 0 Å². The van der Waals surface area contributed by atoms with Gasteiger partial charge in [-0.25, -0.2) is 0 Å². The van der Waals surface area contributed by atoms with E-state index in [0.717, 1.165) is 30.2 Å². The molecule has 144 valence electrons. The summed E-state index contributed by atoms with van der Waals surface area (Å²) in [5, 5.41) is 23.9. The highest BCUT2D eigenvalue weighted by atomic mass is 16.5. The molecule has 2 heterocycles. The van der Waals surface area contributed by atoms with Gasteiger partial charge in [0.05, 0.1) is 11.4 Å². The van der Waals surface area contributed by atoms with Crippen molar-refractivity contribution in [1.29, 1.82) is 0 Å². The third-order valence-electron chi connectivity index (χ3n) is 4.55. The molecule has 4 N–H and O–H groups in total. The van der Waals surface area contributed by atoms with Crippen LogP contribution in [0.25, 0.3) is 11.6 Å². The van der Waals surface area contributed by atoms with Crippen LogP contribution in [0.15, 0.2) is 33.2 Å². The van der Waals surface area contributed by atoms with Crippen molar-refractivity contribution in [3.05, 3.63) is 35.9 Å². The minimum atomic E-state index is 0.221. The van der Waals surface area contributed by atoms with Crippen LogP contribution in [0, 0.1) is 6.92 Å². The van der Waals surface area contributed by atoms with Gasteiger partial charge >= 0.3 is 0 Å². The number of rotatable bonds is 3. The van der Waals surface area contributed by atoms with Crippen LogP contribution in [0.3, 0.4) is 0 Å². The normalized spacial score (nSPS) is 14.4. The summed E-state index contributed by atoms with van der Waals surface area (Å²) in [6.07, 6.45) is 6.13. The summed E-state index contributed by atoms with van der Waals surface area (Å²) < 4.78 is 10.7. The molecule has 1 fully saturated rings. The maximum absolute atomic E-state index is 8.97. The molecule has 1 aliphatic carbocycles. The number of phenolic OH excluding ortho intramolecular Hbond substituents is 1. The molecule has 1 aliphatic rings. The number of aromatic hydroxyl groups is 1. The molecule has 3 aromatic rings. The fourth-order valence-electron chi connectivity index (χ4n) is 3.08. The van der Waals surface area contributed by atoms with Gasteiger partial charge in [-0.05, 0) is 31.9 Å². The Hall–Kier alpha value is -3.03. The molecule has 0 aliphatic heterocycles. The minimum absolute atomic E-state index is 0.221. The number of aromatic nitrogens is 3. The number of anilines is 2. The maximum atomic E-state index is 8.97. The number of hydrogen-bond acceptors (Lipinski definition) is 8. The lowest BCUT2D eigenvalue weighted by Crippen LogP contribution is -2.04. The molecular weight excluding hydrogens is 346 g/mol. The van der Waals surface area contributed by atoms with E-state index in [1.807, 2.05) is 6.92 Å². The molecular formula is C19H25N5O3. The Labute approximate surface area is 157 Å². The van der Waals surface area contributed by atoms with Gasteiger partial charge in [-0.1, -0.05) is 24.4 Å². The zero-order valence-electron chi connectivity index (χ0n) is 15.6. The van der Waals surface area contributed by atoms with Crippen LogP contribution in [-0.2, 0) is 0 Å². The number of phenols is 1. The van der Waals surface area contributed by atoms with Crippen molar-refractivity contribution in [3.63, 3.8) is 0 Å². The predicted molar refractivity (Wildman–Crippen MR) is 102 cm³/mol. The molecule has 1 aromatic carbocycles. The zero-order chi connectivity index (χ0) is 19.2. The second-order valence-corrected chi connectivity index (χ2v) is 6.62. The molecule has 0 saturated heterocycles. The molecule has 1 saturated carbocycles. The SMILES string of the molecule is CNc1cc(O)ccc1N.Cc1cc(-c2nnc(C3CCCCC3)o2)no1. The van der Waals surface area contributed by atoms with Crippen LogP contribution < -0.4 is 11.1 Å². The number of nitrogens with zero attached hydrogens (tertiary/aromatic N) is 3. The molecule has 8 heteroatoms. The third-order valence-corrected chi connectivity index (χ3v) is 4.55. The van der Waals surface area contributed by atoms with Crippen molar-refractivity contribution >= 4 is 11.4 Å². The Morgan fingerprint density at radius 3 is 2.56 bits per heavy atom. The highest BCUT2D eigenvalue weighted by Crippen LogP contribution is 2.32. The molecule has 0 unspecified atom stereocenters. The minimum Gasteiger partial charge on any atom is -0.508 e. The van der Waals surface area contributed by atoms with Gasteiger partial charge in [-0.3, -0.25) is 0 Å². The maximum Gasteiger partial charge on any atom is 0.269 e. The van der Waals surface area contributed by atoms with Crippen molar-refractivity contribution in [1.82, 2.24) is 15.4 Å². The van der Waals surface area contributed by atoms with E-state index in [1.165, 1.54) is 19.3 Å². The fraction of sp³-hybridized carbons (Fsp3) is 0.421. The Kier molecular flexibility index (Phi) is 5.95.